The minimum absolute atomic E-state index is 1.32. The summed E-state index contributed by atoms with van der Waals surface area (Å²) in [6.45, 7) is 0. The number of hydrogen-bond acceptors (Lipinski definition) is 2. The van der Waals surface area contributed by atoms with Gasteiger partial charge in [-0.3, -0.25) is 0 Å². The second kappa shape index (κ2) is 3.74. The van der Waals surface area contributed by atoms with E-state index >= 15 is 0 Å². The summed E-state index contributed by atoms with van der Waals surface area (Å²) in [5, 5.41) is 8.75. The normalized spacial score (nSPS) is 12.9. The molecule has 1 rings (SSSR count). The van der Waals surface area contributed by atoms with Crippen molar-refractivity contribution in [3.8, 4) is 5.75 Å². The first-order chi connectivity index (χ1) is 6.37. The predicted molar refractivity (Wildman–Crippen MR) is 40.2 cm³/mol. The van der Waals surface area contributed by atoms with Crippen molar-refractivity contribution in [1.29, 1.82) is 0 Å². The van der Waals surface area contributed by atoms with Crippen LogP contribution in [0.5, 0.6) is 5.75 Å². The molecule has 0 radical (unpaired) electrons. The zero-order valence-electron chi connectivity index (χ0n) is 6.15. The van der Waals surface area contributed by atoms with E-state index in [0.717, 1.165) is 0 Å². The largest absolute Gasteiger partial charge is 0.504 e. The van der Waals surface area contributed by atoms with Crippen molar-refractivity contribution >= 4 is 20.7 Å². The predicted octanol–water partition coefficient (Wildman–Crippen LogP) is 2.21. The van der Waals surface area contributed by atoms with Gasteiger partial charge in [-0.2, -0.15) is 4.39 Å². The molecule has 2 nitrogen and oxygen atoms in total. The summed E-state index contributed by atoms with van der Waals surface area (Å²) in [7, 11) is 2.15. The Kier molecular flexibility index (Phi) is 3.01. The quantitative estimate of drug-likeness (QED) is 0.358. The third kappa shape index (κ3) is 1.57. The summed E-state index contributed by atoms with van der Waals surface area (Å²) in [5.74, 6) is -9.98. The summed E-state index contributed by atoms with van der Waals surface area (Å²) < 4.78 is 60.7. The first-order valence-corrected chi connectivity index (χ1v) is 4.98. The number of halogens is 5. The van der Waals surface area contributed by atoms with Crippen LogP contribution in [0, 0.1) is 23.3 Å². The molecular weight excluding hydrogens is 248 g/mol. The molecule has 8 heteroatoms. The van der Waals surface area contributed by atoms with Crippen LogP contribution in [0.15, 0.2) is 4.90 Å². The average molecular weight is 249 g/mol. The van der Waals surface area contributed by atoms with E-state index in [9.17, 15) is 21.8 Å². The third-order valence-electron chi connectivity index (χ3n) is 1.36. The van der Waals surface area contributed by atoms with E-state index in [0.29, 0.717) is 0 Å². The van der Waals surface area contributed by atoms with Crippen LogP contribution in [0.1, 0.15) is 0 Å². The van der Waals surface area contributed by atoms with E-state index in [-0.39, 0.29) is 0 Å². The molecule has 1 N–H and O–H groups in total. The Bertz CT molecular complexity index is 394. The summed E-state index contributed by atoms with van der Waals surface area (Å²) in [5.41, 5.74) is 0. The van der Waals surface area contributed by atoms with Crippen LogP contribution in [0.3, 0.4) is 0 Å². The Morgan fingerprint density at radius 3 is 1.86 bits per heavy atom. The van der Waals surface area contributed by atoms with Gasteiger partial charge in [0, 0.05) is 0 Å². The molecule has 1 aromatic rings. The highest BCUT2D eigenvalue weighted by atomic mass is 35.7. The molecule has 1 unspecified atom stereocenters. The van der Waals surface area contributed by atoms with E-state index < -0.39 is 43.9 Å². The van der Waals surface area contributed by atoms with Crippen molar-refractivity contribution in [2.24, 2.45) is 0 Å². The Balaban J connectivity index is 3.68. The van der Waals surface area contributed by atoms with Gasteiger partial charge in [0.15, 0.2) is 27.4 Å². The number of rotatable bonds is 1. The fourth-order valence-electron chi connectivity index (χ4n) is 0.746. The fraction of sp³-hybridized carbons (Fsp3) is 0. The number of benzene rings is 1. The second-order valence-electron chi connectivity index (χ2n) is 2.16. The molecule has 0 heterocycles. The Hall–Kier alpha value is -0.820. The van der Waals surface area contributed by atoms with Gasteiger partial charge in [0.1, 0.15) is 4.90 Å². The van der Waals surface area contributed by atoms with Gasteiger partial charge in [-0.05, 0) is 10.7 Å². The maximum atomic E-state index is 12.7. The molecule has 0 fully saturated rings. The second-order valence-corrected chi connectivity index (χ2v) is 3.85. The standard InChI is InChI=1S/C6HClF4O2S/c7-14(13)6-4(11)2(9)1(8)3(10)5(6)12/h12H. The van der Waals surface area contributed by atoms with Gasteiger partial charge >= 0.3 is 0 Å². The Morgan fingerprint density at radius 2 is 1.43 bits per heavy atom. The van der Waals surface area contributed by atoms with E-state index in [1.807, 2.05) is 0 Å². The highest BCUT2D eigenvalue weighted by molar-refractivity contribution is 8.08. The van der Waals surface area contributed by atoms with Gasteiger partial charge in [0.25, 0.3) is 0 Å². The molecule has 0 bridgehead atoms. The first kappa shape index (κ1) is 11.3. The molecule has 14 heavy (non-hydrogen) atoms. The fourth-order valence-corrected chi connectivity index (χ4v) is 1.64. The van der Waals surface area contributed by atoms with Crippen LogP contribution in [0.2, 0.25) is 0 Å². The molecule has 0 aliphatic carbocycles. The van der Waals surface area contributed by atoms with E-state index in [2.05, 4.69) is 0 Å². The van der Waals surface area contributed by atoms with Crippen LogP contribution in [-0.2, 0) is 10.0 Å². The van der Waals surface area contributed by atoms with Crippen LogP contribution < -0.4 is 0 Å². The summed E-state index contributed by atoms with van der Waals surface area (Å²) in [6, 6.07) is 0. The van der Waals surface area contributed by atoms with Gasteiger partial charge in [-0.1, -0.05) is 0 Å². The molecule has 1 atom stereocenters. The van der Waals surface area contributed by atoms with Crippen molar-refractivity contribution in [2.75, 3.05) is 0 Å². The van der Waals surface area contributed by atoms with E-state index in [1.54, 1.807) is 0 Å². The zero-order valence-corrected chi connectivity index (χ0v) is 7.73. The molecule has 0 spiro atoms. The maximum absolute atomic E-state index is 12.7. The SMILES string of the molecule is O=S(Cl)c1c(O)c(F)c(F)c(F)c1F. The van der Waals surface area contributed by atoms with Crippen LogP contribution in [0.4, 0.5) is 17.6 Å². The van der Waals surface area contributed by atoms with Gasteiger partial charge in [0.2, 0.25) is 11.6 Å². The average Bonchev–Trinajstić information content (AvgIpc) is 2.11. The highest BCUT2D eigenvalue weighted by Crippen LogP contribution is 2.32. The molecule has 0 aliphatic heterocycles. The Morgan fingerprint density at radius 1 is 1.00 bits per heavy atom. The molecule has 0 saturated carbocycles. The van der Waals surface area contributed by atoms with Crippen LogP contribution >= 0.6 is 10.7 Å². The number of hydrogen-bond donors (Lipinski definition) is 1. The topological polar surface area (TPSA) is 37.3 Å². The smallest absolute Gasteiger partial charge is 0.204 e. The summed E-state index contributed by atoms with van der Waals surface area (Å²) in [6.07, 6.45) is 0. The number of phenols is 1. The molecule has 0 aromatic heterocycles. The van der Waals surface area contributed by atoms with Gasteiger partial charge in [-0.25, -0.2) is 17.4 Å². The van der Waals surface area contributed by atoms with E-state index in [4.69, 9.17) is 15.8 Å². The first-order valence-electron chi connectivity index (χ1n) is 3.00. The van der Waals surface area contributed by atoms with Crippen molar-refractivity contribution < 1.29 is 26.9 Å². The summed E-state index contributed by atoms with van der Waals surface area (Å²) >= 11 is 0. The molecule has 0 aliphatic rings. The molecular formula is C6HClF4O2S. The Labute approximate surface area is 82.1 Å². The lowest BCUT2D eigenvalue weighted by Gasteiger charge is -2.04. The lowest BCUT2D eigenvalue weighted by molar-refractivity contribution is 0.347. The molecule has 1 aromatic carbocycles. The highest BCUT2D eigenvalue weighted by Gasteiger charge is 2.27. The summed E-state index contributed by atoms with van der Waals surface area (Å²) in [4.78, 5) is -1.32. The number of phenolic OH excluding ortho intramolecular Hbond substituents is 1. The lowest BCUT2D eigenvalue weighted by atomic mass is 10.3. The minimum atomic E-state index is -2.68. The van der Waals surface area contributed by atoms with Crippen molar-refractivity contribution in [3.63, 3.8) is 0 Å². The maximum Gasteiger partial charge on any atom is 0.204 e. The van der Waals surface area contributed by atoms with Gasteiger partial charge in [-0.15, -0.1) is 0 Å². The van der Waals surface area contributed by atoms with Crippen molar-refractivity contribution in [2.45, 2.75) is 4.90 Å². The monoisotopic (exact) mass is 248 g/mol. The molecule has 0 amide bonds. The van der Waals surface area contributed by atoms with Gasteiger partial charge < -0.3 is 5.11 Å². The van der Waals surface area contributed by atoms with Gasteiger partial charge in [0.05, 0.1) is 0 Å². The van der Waals surface area contributed by atoms with Crippen LogP contribution in [-0.4, -0.2) is 9.32 Å². The zero-order chi connectivity index (χ0) is 11.0. The molecule has 0 saturated heterocycles. The third-order valence-corrected chi connectivity index (χ3v) is 2.52. The van der Waals surface area contributed by atoms with E-state index in [1.165, 1.54) is 0 Å². The van der Waals surface area contributed by atoms with Crippen LogP contribution in [0.25, 0.3) is 0 Å². The minimum Gasteiger partial charge on any atom is -0.504 e. The number of aromatic hydroxyl groups is 1. The van der Waals surface area contributed by atoms with Crippen molar-refractivity contribution in [3.05, 3.63) is 23.3 Å². The molecule has 78 valence electrons. The van der Waals surface area contributed by atoms with Crippen molar-refractivity contribution in [1.82, 2.24) is 0 Å². The lowest BCUT2D eigenvalue weighted by Crippen LogP contribution is -2.02.